The highest BCUT2D eigenvalue weighted by molar-refractivity contribution is 9.10. The zero-order chi connectivity index (χ0) is 15.6. The van der Waals surface area contributed by atoms with Crippen molar-refractivity contribution in [1.82, 2.24) is 20.3 Å². The smallest absolute Gasteiger partial charge is 0.172 e. The minimum absolute atomic E-state index is 0.596. The normalized spacial score (nSPS) is 11.3. The SMILES string of the molecule is Brc1ccc2oc3cnc(CNCc4ccncc4)nc3c2c1. The van der Waals surface area contributed by atoms with Crippen LogP contribution in [0.3, 0.4) is 0 Å². The number of aromatic nitrogens is 3. The Morgan fingerprint density at radius 2 is 1.91 bits per heavy atom. The fourth-order valence-electron chi connectivity index (χ4n) is 2.47. The number of hydrogen-bond donors (Lipinski definition) is 1. The molecule has 1 aromatic carbocycles. The van der Waals surface area contributed by atoms with Crippen molar-refractivity contribution in [1.29, 1.82) is 0 Å². The molecule has 4 rings (SSSR count). The summed E-state index contributed by atoms with van der Waals surface area (Å²) in [6.45, 7) is 1.35. The molecule has 0 amide bonds. The van der Waals surface area contributed by atoms with Crippen LogP contribution in [0.15, 0.2) is 57.8 Å². The number of fused-ring (bicyclic) bond motifs is 3. The highest BCUT2D eigenvalue weighted by Gasteiger charge is 2.10. The van der Waals surface area contributed by atoms with Gasteiger partial charge in [-0.1, -0.05) is 15.9 Å². The van der Waals surface area contributed by atoms with Crippen LogP contribution < -0.4 is 5.32 Å². The Morgan fingerprint density at radius 1 is 1.04 bits per heavy atom. The minimum atomic E-state index is 0.596. The molecule has 0 radical (unpaired) electrons. The molecular formula is C17H13BrN4O. The number of nitrogens with zero attached hydrogens (tertiary/aromatic N) is 3. The largest absolute Gasteiger partial charge is 0.453 e. The van der Waals surface area contributed by atoms with E-state index in [0.29, 0.717) is 12.1 Å². The molecule has 0 aliphatic heterocycles. The molecule has 0 spiro atoms. The molecule has 5 nitrogen and oxygen atoms in total. The van der Waals surface area contributed by atoms with Crippen LogP contribution in [0.5, 0.6) is 0 Å². The summed E-state index contributed by atoms with van der Waals surface area (Å²) in [4.78, 5) is 13.0. The third kappa shape index (κ3) is 2.95. The molecule has 0 aliphatic carbocycles. The number of pyridine rings is 1. The van der Waals surface area contributed by atoms with Crippen molar-refractivity contribution in [3.05, 3.63) is 64.8 Å². The lowest BCUT2D eigenvalue weighted by Gasteiger charge is -2.03. The first kappa shape index (κ1) is 14.3. The summed E-state index contributed by atoms with van der Waals surface area (Å²) in [5, 5.41) is 4.33. The van der Waals surface area contributed by atoms with E-state index in [-0.39, 0.29) is 0 Å². The van der Waals surface area contributed by atoms with Crippen LogP contribution in [-0.2, 0) is 13.1 Å². The zero-order valence-electron chi connectivity index (χ0n) is 12.2. The van der Waals surface area contributed by atoms with Gasteiger partial charge in [0.1, 0.15) is 16.9 Å². The Balaban J connectivity index is 1.58. The first-order valence-corrected chi connectivity index (χ1v) is 8.02. The number of nitrogens with one attached hydrogen (secondary N) is 1. The Bertz CT molecular complexity index is 968. The van der Waals surface area contributed by atoms with Gasteiger partial charge in [-0.3, -0.25) is 4.98 Å². The van der Waals surface area contributed by atoms with Gasteiger partial charge in [0.05, 0.1) is 12.7 Å². The molecule has 4 aromatic rings. The predicted octanol–water partition coefficient (Wildman–Crippen LogP) is 3.82. The first-order chi connectivity index (χ1) is 11.3. The molecule has 1 N–H and O–H groups in total. The second-order valence-corrected chi connectivity index (χ2v) is 6.12. The van der Waals surface area contributed by atoms with Gasteiger partial charge in [-0.05, 0) is 35.9 Å². The van der Waals surface area contributed by atoms with Crippen molar-refractivity contribution in [2.45, 2.75) is 13.1 Å². The molecule has 0 bridgehead atoms. The number of rotatable bonds is 4. The summed E-state index contributed by atoms with van der Waals surface area (Å²) in [5.41, 5.74) is 3.55. The second kappa shape index (κ2) is 6.06. The average Bonchev–Trinajstić information content (AvgIpc) is 2.93. The van der Waals surface area contributed by atoms with Crippen molar-refractivity contribution in [3.63, 3.8) is 0 Å². The summed E-state index contributed by atoms with van der Waals surface area (Å²) >= 11 is 3.49. The van der Waals surface area contributed by atoms with Crippen LogP contribution in [0.1, 0.15) is 11.4 Å². The van der Waals surface area contributed by atoms with Crippen LogP contribution in [-0.4, -0.2) is 15.0 Å². The highest BCUT2D eigenvalue weighted by Crippen LogP contribution is 2.29. The fourth-order valence-corrected chi connectivity index (χ4v) is 2.84. The van der Waals surface area contributed by atoms with Gasteiger partial charge in [-0.25, -0.2) is 9.97 Å². The molecule has 3 heterocycles. The lowest BCUT2D eigenvalue weighted by Crippen LogP contribution is -2.14. The maximum Gasteiger partial charge on any atom is 0.172 e. The van der Waals surface area contributed by atoms with Crippen molar-refractivity contribution in [3.8, 4) is 0 Å². The minimum Gasteiger partial charge on any atom is -0.453 e. The molecule has 0 saturated heterocycles. The van der Waals surface area contributed by atoms with Gasteiger partial charge in [0, 0.05) is 28.8 Å². The van der Waals surface area contributed by atoms with E-state index in [4.69, 9.17) is 4.42 Å². The Hall–Kier alpha value is -2.31. The van der Waals surface area contributed by atoms with Crippen molar-refractivity contribution in [2.24, 2.45) is 0 Å². The number of furan rings is 1. The fraction of sp³-hybridized carbons (Fsp3) is 0.118. The Morgan fingerprint density at radius 3 is 2.78 bits per heavy atom. The average molecular weight is 369 g/mol. The van der Waals surface area contributed by atoms with Crippen LogP contribution in [0.4, 0.5) is 0 Å². The van der Waals surface area contributed by atoms with Gasteiger partial charge >= 0.3 is 0 Å². The summed E-state index contributed by atoms with van der Waals surface area (Å²) < 4.78 is 6.77. The molecule has 23 heavy (non-hydrogen) atoms. The van der Waals surface area contributed by atoms with Crippen molar-refractivity contribution in [2.75, 3.05) is 0 Å². The van der Waals surface area contributed by atoms with Gasteiger partial charge in [-0.15, -0.1) is 0 Å². The van der Waals surface area contributed by atoms with E-state index in [2.05, 4.69) is 36.2 Å². The first-order valence-electron chi connectivity index (χ1n) is 7.23. The van der Waals surface area contributed by atoms with Gasteiger partial charge in [0.15, 0.2) is 5.58 Å². The standard InChI is InChI=1S/C17H13BrN4O/c18-12-1-2-14-13(7-12)17-15(23-14)9-21-16(22-17)10-20-8-11-3-5-19-6-4-11/h1-7,9,20H,8,10H2. The van der Waals surface area contributed by atoms with Crippen molar-refractivity contribution >= 4 is 38.0 Å². The molecule has 0 fully saturated rings. The molecule has 0 aliphatic rings. The molecule has 3 aromatic heterocycles. The van der Waals surface area contributed by atoms with E-state index >= 15 is 0 Å². The van der Waals surface area contributed by atoms with Crippen LogP contribution in [0.25, 0.3) is 22.1 Å². The van der Waals surface area contributed by atoms with Gasteiger partial charge < -0.3 is 9.73 Å². The van der Waals surface area contributed by atoms with E-state index in [9.17, 15) is 0 Å². The van der Waals surface area contributed by atoms with E-state index < -0.39 is 0 Å². The van der Waals surface area contributed by atoms with E-state index in [1.54, 1.807) is 18.6 Å². The number of benzene rings is 1. The van der Waals surface area contributed by atoms with E-state index in [1.807, 2.05) is 30.3 Å². The highest BCUT2D eigenvalue weighted by atomic mass is 79.9. The Labute approximate surface area is 140 Å². The summed E-state index contributed by atoms with van der Waals surface area (Å²) in [5.74, 6) is 0.745. The molecule has 114 valence electrons. The number of halogens is 1. The molecular weight excluding hydrogens is 356 g/mol. The number of hydrogen-bond acceptors (Lipinski definition) is 5. The third-order valence-electron chi connectivity index (χ3n) is 3.58. The maximum absolute atomic E-state index is 5.76. The quantitative estimate of drug-likeness (QED) is 0.593. The lowest BCUT2D eigenvalue weighted by atomic mass is 10.2. The summed E-state index contributed by atoms with van der Waals surface area (Å²) in [6, 6.07) is 9.87. The van der Waals surface area contributed by atoms with Crippen LogP contribution >= 0.6 is 15.9 Å². The monoisotopic (exact) mass is 368 g/mol. The molecule has 0 unspecified atom stereocenters. The molecule has 0 atom stereocenters. The molecule has 0 saturated carbocycles. The van der Waals surface area contributed by atoms with Crippen LogP contribution in [0, 0.1) is 0 Å². The topological polar surface area (TPSA) is 63.8 Å². The predicted molar refractivity (Wildman–Crippen MR) is 91.8 cm³/mol. The second-order valence-electron chi connectivity index (χ2n) is 5.20. The maximum atomic E-state index is 5.76. The van der Waals surface area contributed by atoms with E-state index in [1.165, 1.54) is 5.56 Å². The lowest BCUT2D eigenvalue weighted by molar-refractivity contribution is 0.650. The third-order valence-corrected chi connectivity index (χ3v) is 4.08. The van der Waals surface area contributed by atoms with Crippen LogP contribution in [0.2, 0.25) is 0 Å². The summed E-state index contributed by atoms with van der Waals surface area (Å²) in [6.07, 6.45) is 5.31. The molecule has 6 heteroatoms. The zero-order valence-corrected chi connectivity index (χ0v) is 13.7. The summed E-state index contributed by atoms with van der Waals surface area (Å²) in [7, 11) is 0. The van der Waals surface area contributed by atoms with Gasteiger partial charge in [0.25, 0.3) is 0 Å². The van der Waals surface area contributed by atoms with Gasteiger partial charge in [-0.2, -0.15) is 0 Å². The van der Waals surface area contributed by atoms with E-state index in [0.717, 1.165) is 33.3 Å². The van der Waals surface area contributed by atoms with Gasteiger partial charge in [0.2, 0.25) is 0 Å². The van der Waals surface area contributed by atoms with Crippen molar-refractivity contribution < 1.29 is 4.42 Å². The Kier molecular flexibility index (Phi) is 3.77.